The second kappa shape index (κ2) is 10.6. The lowest BCUT2D eigenvalue weighted by molar-refractivity contribution is -0.120. The number of hydrogen-bond acceptors (Lipinski definition) is 8. The van der Waals surface area contributed by atoms with Gasteiger partial charge in [0, 0.05) is 58.9 Å². The van der Waals surface area contributed by atoms with Crippen LogP contribution in [-0.4, -0.2) is 50.4 Å². The Hall–Kier alpha value is -4.76. The SMILES string of the molecule is COc1ccc(-c2oc3c(ccc4cccnc43)c2CC(=O)NCc2c3c(c(OC)c4c2OCO4)CN(C)CC3)cc1. The first-order valence-electron chi connectivity index (χ1n) is 13.9. The molecule has 0 atom stereocenters. The van der Waals surface area contributed by atoms with Crippen LogP contribution in [0.15, 0.2) is 59.1 Å². The first-order valence-corrected chi connectivity index (χ1v) is 13.9. The van der Waals surface area contributed by atoms with Crippen LogP contribution in [0.25, 0.3) is 33.2 Å². The number of carbonyl (C=O) groups excluding carboxylic acids is 1. The van der Waals surface area contributed by atoms with Crippen molar-refractivity contribution >= 4 is 27.8 Å². The summed E-state index contributed by atoms with van der Waals surface area (Å²) in [6, 6.07) is 15.6. The molecule has 2 aliphatic heterocycles. The quantitative estimate of drug-likeness (QED) is 0.286. The van der Waals surface area contributed by atoms with Crippen LogP contribution >= 0.6 is 0 Å². The molecule has 1 N–H and O–H groups in total. The van der Waals surface area contributed by atoms with Gasteiger partial charge in [0.05, 0.1) is 20.6 Å². The molecule has 0 aliphatic carbocycles. The van der Waals surface area contributed by atoms with Crippen molar-refractivity contribution in [3.63, 3.8) is 0 Å². The maximum absolute atomic E-state index is 13.6. The van der Waals surface area contributed by atoms with Crippen LogP contribution < -0.4 is 24.3 Å². The minimum absolute atomic E-state index is 0.125. The molecule has 1 amide bonds. The number of rotatable bonds is 7. The molecule has 3 aromatic carbocycles. The summed E-state index contributed by atoms with van der Waals surface area (Å²) in [5.41, 5.74) is 6.28. The second-order valence-corrected chi connectivity index (χ2v) is 10.6. The number of likely N-dealkylation sites (N-methyl/N-ethyl adjacent to an activating group) is 1. The molecule has 0 saturated carbocycles. The van der Waals surface area contributed by atoms with E-state index in [1.54, 1.807) is 20.4 Å². The van der Waals surface area contributed by atoms with E-state index in [-0.39, 0.29) is 19.1 Å². The van der Waals surface area contributed by atoms with Crippen molar-refractivity contribution in [3.05, 3.63) is 77.0 Å². The molecule has 0 radical (unpaired) electrons. The third-order valence-corrected chi connectivity index (χ3v) is 8.15. The minimum Gasteiger partial charge on any atom is -0.497 e. The monoisotopic (exact) mass is 565 g/mol. The topological polar surface area (TPSA) is 95.3 Å². The summed E-state index contributed by atoms with van der Waals surface area (Å²) in [6.07, 6.45) is 2.71. The molecular weight excluding hydrogens is 534 g/mol. The average molecular weight is 566 g/mol. The molecule has 9 heteroatoms. The number of nitrogens with one attached hydrogen (secondary N) is 1. The lowest BCUT2D eigenvalue weighted by Crippen LogP contribution is -2.30. The highest BCUT2D eigenvalue weighted by atomic mass is 16.7. The smallest absolute Gasteiger partial charge is 0.231 e. The molecular formula is C33H31N3O6. The third kappa shape index (κ3) is 4.37. The van der Waals surface area contributed by atoms with Crippen molar-refractivity contribution in [1.29, 1.82) is 0 Å². The number of nitrogens with zero attached hydrogens (tertiary/aromatic N) is 2. The van der Waals surface area contributed by atoms with Crippen molar-refractivity contribution in [1.82, 2.24) is 15.2 Å². The van der Waals surface area contributed by atoms with E-state index in [0.29, 0.717) is 35.1 Å². The summed E-state index contributed by atoms with van der Waals surface area (Å²) < 4.78 is 29.3. The van der Waals surface area contributed by atoms with Gasteiger partial charge < -0.3 is 33.6 Å². The fourth-order valence-corrected chi connectivity index (χ4v) is 6.09. The summed E-state index contributed by atoms with van der Waals surface area (Å²) in [5, 5.41) is 5.00. The summed E-state index contributed by atoms with van der Waals surface area (Å²) in [6.45, 7) is 2.09. The first-order chi connectivity index (χ1) is 20.6. The minimum atomic E-state index is -0.126. The van der Waals surface area contributed by atoms with E-state index in [0.717, 1.165) is 69.4 Å². The number of hydrogen-bond donors (Lipinski definition) is 1. The molecule has 0 unspecified atom stereocenters. The molecule has 214 valence electrons. The predicted molar refractivity (Wildman–Crippen MR) is 158 cm³/mol. The lowest BCUT2D eigenvalue weighted by atomic mass is 9.92. The number of carbonyl (C=O) groups is 1. The maximum atomic E-state index is 13.6. The Labute approximate surface area is 242 Å². The molecule has 0 bridgehead atoms. The normalized spacial score (nSPS) is 14.3. The predicted octanol–water partition coefficient (Wildman–Crippen LogP) is 5.24. The van der Waals surface area contributed by atoms with Crippen LogP contribution in [-0.2, 0) is 30.7 Å². The molecule has 5 aromatic rings. The molecule has 0 saturated heterocycles. The Morgan fingerprint density at radius 2 is 1.83 bits per heavy atom. The van der Waals surface area contributed by atoms with Gasteiger partial charge in [0.1, 0.15) is 17.0 Å². The van der Waals surface area contributed by atoms with Gasteiger partial charge in [-0.15, -0.1) is 0 Å². The summed E-state index contributed by atoms with van der Waals surface area (Å²) >= 11 is 0. The fraction of sp³-hybridized carbons (Fsp3) is 0.273. The number of fused-ring (bicyclic) bond motifs is 5. The Morgan fingerprint density at radius 1 is 1.00 bits per heavy atom. The van der Waals surface area contributed by atoms with Gasteiger partial charge in [0.25, 0.3) is 0 Å². The standard InChI is InChI=1S/C33H31N3O6/c1-36-14-12-22-25(32-33(41-18-40-32)31(39-3)26(22)17-36)16-35-27(37)15-24-23-11-8-19-5-4-13-34-28(19)30(23)42-29(24)20-6-9-21(38-2)10-7-20/h4-11,13H,12,14-18H2,1-3H3,(H,35,37). The van der Waals surface area contributed by atoms with E-state index in [9.17, 15) is 4.79 Å². The van der Waals surface area contributed by atoms with Crippen LogP contribution in [0.4, 0.5) is 0 Å². The number of furan rings is 1. The van der Waals surface area contributed by atoms with Crippen molar-refractivity contribution in [3.8, 4) is 34.3 Å². The Morgan fingerprint density at radius 3 is 2.64 bits per heavy atom. The van der Waals surface area contributed by atoms with E-state index in [2.05, 4.69) is 22.2 Å². The molecule has 0 spiro atoms. The molecule has 7 rings (SSSR count). The Bertz CT molecular complexity index is 1830. The Kier molecular flexibility index (Phi) is 6.59. The average Bonchev–Trinajstić information content (AvgIpc) is 3.65. The maximum Gasteiger partial charge on any atom is 0.231 e. The van der Waals surface area contributed by atoms with Gasteiger partial charge in [0.2, 0.25) is 18.4 Å². The molecule has 2 aliphatic rings. The number of benzene rings is 3. The highest BCUT2D eigenvalue weighted by molar-refractivity contribution is 6.06. The van der Waals surface area contributed by atoms with Gasteiger partial charge in [-0.2, -0.15) is 0 Å². The van der Waals surface area contributed by atoms with Crippen molar-refractivity contribution in [2.24, 2.45) is 0 Å². The zero-order valence-electron chi connectivity index (χ0n) is 23.8. The highest BCUT2D eigenvalue weighted by Crippen LogP contribution is 2.49. The first kappa shape index (κ1) is 26.2. The zero-order chi connectivity index (χ0) is 28.8. The van der Waals surface area contributed by atoms with Crippen molar-refractivity contribution in [2.45, 2.75) is 25.9 Å². The van der Waals surface area contributed by atoms with Crippen LogP contribution in [0.3, 0.4) is 0 Å². The molecule has 4 heterocycles. The second-order valence-electron chi connectivity index (χ2n) is 10.6. The summed E-state index contributed by atoms with van der Waals surface area (Å²) in [5.74, 6) is 3.24. The van der Waals surface area contributed by atoms with Crippen LogP contribution in [0, 0.1) is 0 Å². The fourth-order valence-electron chi connectivity index (χ4n) is 6.09. The van der Waals surface area contributed by atoms with E-state index < -0.39 is 0 Å². The number of ether oxygens (including phenoxy) is 4. The number of aromatic nitrogens is 1. The van der Waals surface area contributed by atoms with Crippen molar-refractivity contribution in [2.75, 3.05) is 34.6 Å². The molecule has 42 heavy (non-hydrogen) atoms. The summed E-state index contributed by atoms with van der Waals surface area (Å²) in [4.78, 5) is 20.5. The summed E-state index contributed by atoms with van der Waals surface area (Å²) in [7, 11) is 5.37. The van der Waals surface area contributed by atoms with Crippen LogP contribution in [0.2, 0.25) is 0 Å². The van der Waals surface area contributed by atoms with Gasteiger partial charge in [-0.05, 0) is 49.4 Å². The highest BCUT2D eigenvalue weighted by Gasteiger charge is 2.32. The largest absolute Gasteiger partial charge is 0.497 e. The van der Waals surface area contributed by atoms with Crippen LogP contribution in [0.5, 0.6) is 23.0 Å². The Balaban J connectivity index is 1.24. The van der Waals surface area contributed by atoms with Gasteiger partial charge in [0.15, 0.2) is 17.1 Å². The zero-order valence-corrected chi connectivity index (χ0v) is 23.8. The van der Waals surface area contributed by atoms with Gasteiger partial charge in [-0.1, -0.05) is 18.2 Å². The number of methoxy groups -OCH3 is 2. The van der Waals surface area contributed by atoms with Gasteiger partial charge in [-0.3, -0.25) is 9.78 Å². The van der Waals surface area contributed by atoms with E-state index in [4.69, 9.17) is 23.4 Å². The van der Waals surface area contributed by atoms with E-state index >= 15 is 0 Å². The molecule has 9 nitrogen and oxygen atoms in total. The number of pyridine rings is 1. The van der Waals surface area contributed by atoms with E-state index in [1.807, 2.05) is 48.5 Å². The lowest BCUT2D eigenvalue weighted by Gasteiger charge is -2.29. The van der Waals surface area contributed by atoms with Crippen molar-refractivity contribution < 1.29 is 28.2 Å². The molecule has 0 fully saturated rings. The third-order valence-electron chi connectivity index (χ3n) is 8.15. The number of amides is 1. The molecule has 2 aromatic heterocycles. The van der Waals surface area contributed by atoms with E-state index in [1.165, 1.54) is 0 Å². The van der Waals surface area contributed by atoms with Gasteiger partial charge in [-0.25, -0.2) is 0 Å². The van der Waals surface area contributed by atoms with Crippen LogP contribution in [0.1, 0.15) is 22.3 Å². The van der Waals surface area contributed by atoms with Gasteiger partial charge >= 0.3 is 0 Å².